The van der Waals surface area contributed by atoms with E-state index in [-0.39, 0.29) is 0 Å². The quantitative estimate of drug-likeness (QED) is 0.716. The molecule has 1 aromatic heterocycles. The lowest BCUT2D eigenvalue weighted by Crippen LogP contribution is -1.94. The second kappa shape index (κ2) is 2.50. The van der Waals surface area contributed by atoms with E-state index in [9.17, 15) is 0 Å². The van der Waals surface area contributed by atoms with Crippen LogP contribution in [0.25, 0.3) is 5.70 Å². The van der Waals surface area contributed by atoms with Crippen molar-refractivity contribution in [1.82, 2.24) is 4.98 Å². The molecular weight excluding hydrogens is 192 g/mol. The Morgan fingerprint density at radius 1 is 1.80 bits per heavy atom. The minimum atomic E-state index is 0.589. The molecule has 10 heavy (non-hydrogen) atoms. The van der Waals surface area contributed by atoms with Gasteiger partial charge >= 0.3 is 0 Å². The molecule has 2 nitrogen and oxygen atoms in total. The second-order valence-electron chi connectivity index (χ2n) is 2.16. The van der Waals surface area contributed by atoms with Gasteiger partial charge in [0.2, 0.25) is 0 Å². The van der Waals surface area contributed by atoms with Gasteiger partial charge in [-0.05, 0) is 22.9 Å². The summed E-state index contributed by atoms with van der Waals surface area (Å²) in [5.41, 5.74) is 8.12. The van der Waals surface area contributed by atoms with E-state index in [4.69, 9.17) is 5.73 Å². The van der Waals surface area contributed by atoms with E-state index in [1.807, 2.05) is 13.1 Å². The Balaban J connectivity index is 3.23. The molecule has 0 atom stereocenters. The maximum atomic E-state index is 5.52. The number of hydrogen-bond acceptors (Lipinski definition) is 1. The van der Waals surface area contributed by atoms with Gasteiger partial charge in [-0.15, -0.1) is 0 Å². The van der Waals surface area contributed by atoms with Gasteiger partial charge in [-0.3, -0.25) is 0 Å². The highest BCUT2D eigenvalue weighted by atomic mass is 79.9. The van der Waals surface area contributed by atoms with E-state index in [0.29, 0.717) is 5.70 Å². The molecule has 3 heteroatoms. The lowest BCUT2D eigenvalue weighted by atomic mass is 10.2. The van der Waals surface area contributed by atoms with Crippen molar-refractivity contribution in [1.29, 1.82) is 0 Å². The van der Waals surface area contributed by atoms with Crippen molar-refractivity contribution >= 4 is 21.6 Å². The van der Waals surface area contributed by atoms with Crippen LogP contribution in [0.5, 0.6) is 0 Å². The summed E-state index contributed by atoms with van der Waals surface area (Å²) in [6.45, 7) is 5.60. The Morgan fingerprint density at radius 3 is 2.60 bits per heavy atom. The first-order valence-electron chi connectivity index (χ1n) is 2.91. The van der Waals surface area contributed by atoms with E-state index in [1.165, 1.54) is 0 Å². The summed E-state index contributed by atoms with van der Waals surface area (Å²) in [4.78, 5) is 3.03. The van der Waals surface area contributed by atoms with E-state index in [1.54, 1.807) is 0 Å². The monoisotopic (exact) mass is 200 g/mol. The van der Waals surface area contributed by atoms with Crippen LogP contribution in [0.2, 0.25) is 0 Å². The minimum absolute atomic E-state index is 0.589. The number of H-pyrrole nitrogens is 1. The summed E-state index contributed by atoms with van der Waals surface area (Å²) in [5.74, 6) is 0. The Morgan fingerprint density at radius 2 is 2.40 bits per heavy atom. The molecule has 0 amide bonds. The van der Waals surface area contributed by atoms with Crippen LogP contribution in [0, 0.1) is 6.92 Å². The second-order valence-corrected chi connectivity index (χ2v) is 3.02. The molecule has 0 aliphatic carbocycles. The minimum Gasteiger partial charge on any atom is -0.399 e. The molecule has 0 unspecified atom stereocenters. The Hall–Kier alpha value is -0.700. The maximum Gasteiger partial charge on any atom is 0.0445 e. The molecule has 0 spiro atoms. The zero-order valence-electron chi connectivity index (χ0n) is 5.74. The molecule has 0 fully saturated rings. The predicted octanol–water partition coefficient (Wildman–Crippen LogP) is 2.02. The van der Waals surface area contributed by atoms with Crippen molar-refractivity contribution in [2.45, 2.75) is 6.92 Å². The van der Waals surface area contributed by atoms with Crippen LogP contribution in [0.3, 0.4) is 0 Å². The van der Waals surface area contributed by atoms with Crippen LogP contribution in [-0.4, -0.2) is 4.98 Å². The summed E-state index contributed by atoms with van der Waals surface area (Å²) >= 11 is 3.35. The highest BCUT2D eigenvalue weighted by Crippen LogP contribution is 2.23. The van der Waals surface area contributed by atoms with Crippen LogP contribution in [0.15, 0.2) is 17.2 Å². The zero-order valence-corrected chi connectivity index (χ0v) is 7.33. The molecule has 0 radical (unpaired) electrons. The van der Waals surface area contributed by atoms with Crippen molar-refractivity contribution in [2.24, 2.45) is 5.73 Å². The molecule has 0 saturated carbocycles. The number of hydrogen-bond donors (Lipinski definition) is 2. The molecule has 1 heterocycles. The third-order valence-corrected chi connectivity index (χ3v) is 1.98. The number of aromatic nitrogens is 1. The first-order chi connectivity index (χ1) is 4.63. The summed E-state index contributed by atoms with van der Waals surface area (Å²) in [6, 6.07) is 0. The molecule has 1 rings (SSSR count). The van der Waals surface area contributed by atoms with Gasteiger partial charge in [0.1, 0.15) is 0 Å². The fourth-order valence-corrected chi connectivity index (χ4v) is 1.56. The number of nitrogens with one attached hydrogen (secondary N) is 1. The average molecular weight is 201 g/mol. The van der Waals surface area contributed by atoms with Gasteiger partial charge in [-0.2, -0.15) is 0 Å². The molecule has 54 valence electrons. The van der Waals surface area contributed by atoms with Crippen LogP contribution in [-0.2, 0) is 0 Å². The summed E-state index contributed by atoms with van der Waals surface area (Å²) < 4.78 is 0.970. The van der Waals surface area contributed by atoms with E-state index in [0.717, 1.165) is 15.7 Å². The van der Waals surface area contributed by atoms with Crippen molar-refractivity contribution in [2.75, 3.05) is 0 Å². The molecule has 0 saturated heterocycles. The van der Waals surface area contributed by atoms with Gasteiger partial charge in [0.05, 0.1) is 0 Å². The number of halogens is 1. The van der Waals surface area contributed by atoms with E-state index in [2.05, 4.69) is 27.5 Å². The zero-order chi connectivity index (χ0) is 7.72. The molecule has 0 aliphatic rings. The van der Waals surface area contributed by atoms with Gasteiger partial charge < -0.3 is 10.7 Å². The fraction of sp³-hybridized carbons (Fsp3) is 0.143. The van der Waals surface area contributed by atoms with Gasteiger partial charge in [-0.1, -0.05) is 6.58 Å². The molecule has 0 bridgehead atoms. The summed E-state index contributed by atoms with van der Waals surface area (Å²) in [7, 11) is 0. The number of rotatable bonds is 1. The maximum absolute atomic E-state index is 5.52. The van der Waals surface area contributed by atoms with Crippen molar-refractivity contribution in [3.05, 3.63) is 28.5 Å². The third kappa shape index (κ3) is 1.09. The normalized spacial score (nSPS) is 9.80. The van der Waals surface area contributed by atoms with Crippen molar-refractivity contribution < 1.29 is 0 Å². The van der Waals surface area contributed by atoms with E-state index >= 15 is 0 Å². The highest BCUT2D eigenvalue weighted by molar-refractivity contribution is 9.10. The molecular formula is C7H9BrN2. The highest BCUT2D eigenvalue weighted by Gasteiger charge is 2.05. The van der Waals surface area contributed by atoms with Gasteiger partial charge in [0.25, 0.3) is 0 Å². The first-order valence-corrected chi connectivity index (χ1v) is 3.70. The van der Waals surface area contributed by atoms with Crippen molar-refractivity contribution in [3.63, 3.8) is 0 Å². The van der Waals surface area contributed by atoms with Crippen molar-refractivity contribution in [3.8, 4) is 0 Å². The standard InChI is InChI=1S/C7H9BrN2/c1-4(9)7-5(2)10-3-6(7)8/h3,10H,1,9H2,2H3. The Kier molecular flexibility index (Phi) is 1.85. The predicted molar refractivity (Wildman–Crippen MR) is 46.5 cm³/mol. The number of aryl methyl sites for hydroxylation is 1. The topological polar surface area (TPSA) is 41.8 Å². The van der Waals surface area contributed by atoms with Crippen LogP contribution >= 0.6 is 15.9 Å². The fourth-order valence-electron chi connectivity index (χ4n) is 0.889. The van der Waals surface area contributed by atoms with Crippen LogP contribution in [0.4, 0.5) is 0 Å². The lowest BCUT2D eigenvalue weighted by molar-refractivity contribution is 1.25. The van der Waals surface area contributed by atoms with Gasteiger partial charge in [0.15, 0.2) is 0 Å². The molecule has 1 aromatic rings. The lowest BCUT2D eigenvalue weighted by Gasteiger charge is -1.97. The Bertz CT molecular complexity index is 243. The molecule has 0 aromatic carbocycles. The molecule has 0 aliphatic heterocycles. The Labute approximate surface area is 68.3 Å². The average Bonchev–Trinajstić information content (AvgIpc) is 2.11. The molecule has 3 N–H and O–H groups in total. The number of aromatic amines is 1. The first kappa shape index (κ1) is 7.41. The van der Waals surface area contributed by atoms with Gasteiger partial charge in [-0.25, -0.2) is 0 Å². The van der Waals surface area contributed by atoms with Crippen LogP contribution in [0.1, 0.15) is 11.3 Å². The van der Waals surface area contributed by atoms with E-state index < -0.39 is 0 Å². The summed E-state index contributed by atoms with van der Waals surface area (Å²) in [6.07, 6.45) is 1.85. The smallest absolute Gasteiger partial charge is 0.0445 e. The number of nitrogens with two attached hydrogens (primary N) is 1. The largest absolute Gasteiger partial charge is 0.399 e. The summed E-state index contributed by atoms with van der Waals surface area (Å²) in [5, 5.41) is 0. The van der Waals surface area contributed by atoms with Gasteiger partial charge in [0, 0.05) is 27.6 Å². The SMILES string of the molecule is C=C(N)c1c(Br)c[nH]c1C. The third-order valence-electron chi connectivity index (χ3n) is 1.35. The van der Waals surface area contributed by atoms with Crippen LogP contribution < -0.4 is 5.73 Å².